The Morgan fingerprint density at radius 3 is 2.63 bits per heavy atom. The van der Waals surface area contributed by atoms with E-state index in [1.165, 1.54) is 0 Å². The van der Waals surface area contributed by atoms with Crippen molar-refractivity contribution in [3.63, 3.8) is 0 Å². The summed E-state index contributed by atoms with van der Waals surface area (Å²) in [6.45, 7) is 2.11. The number of carbonyl (C=O) groups excluding carboxylic acids is 2. The number of hydrogen-bond acceptors (Lipinski definition) is 4. The number of benzene rings is 2. The van der Waals surface area contributed by atoms with Gasteiger partial charge in [0.2, 0.25) is 0 Å². The van der Waals surface area contributed by atoms with Crippen LogP contribution in [0.5, 0.6) is 0 Å². The summed E-state index contributed by atoms with van der Waals surface area (Å²) in [6.07, 6.45) is 1.29. The number of amidine groups is 1. The van der Waals surface area contributed by atoms with Gasteiger partial charge in [-0.1, -0.05) is 41.6 Å². The van der Waals surface area contributed by atoms with Crippen molar-refractivity contribution in [2.24, 2.45) is 10.9 Å². The zero-order valence-electron chi connectivity index (χ0n) is 15.3. The van der Waals surface area contributed by atoms with Gasteiger partial charge in [-0.3, -0.25) is 9.59 Å². The number of oxime groups is 1. The molecule has 0 aliphatic rings. The van der Waals surface area contributed by atoms with Gasteiger partial charge < -0.3 is 21.2 Å². The molecule has 0 radical (unpaired) electrons. The number of carbonyl (C=O) groups is 2. The molecule has 0 aromatic heterocycles. The Hall–Kier alpha value is -3.35. The summed E-state index contributed by atoms with van der Waals surface area (Å²) >= 11 is 0. The van der Waals surface area contributed by atoms with E-state index < -0.39 is 0 Å². The zero-order valence-corrected chi connectivity index (χ0v) is 15.3. The summed E-state index contributed by atoms with van der Waals surface area (Å²) in [7, 11) is 0. The third kappa shape index (κ3) is 7.19. The average molecular weight is 368 g/mol. The van der Waals surface area contributed by atoms with E-state index in [1.54, 1.807) is 24.3 Å². The maximum absolute atomic E-state index is 11.9. The van der Waals surface area contributed by atoms with Crippen molar-refractivity contribution in [3.8, 4) is 0 Å². The fourth-order valence-corrected chi connectivity index (χ4v) is 2.33. The van der Waals surface area contributed by atoms with Crippen molar-refractivity contribution < 1.29 is 14.4 Å². The van der Waals surface area contributed by atoms with Gasteiger partial charge in [-0.15, -0.1) is 0 Å². The number of amides is 2. The van der Waals surface area contributed by atoms with Gasteiger partial charge in [0.15, 0.2) is 6.61 Å². The molecule has 0 atom stereocenters. The molecule has 4 N–H and O–H groups in total. The van der Waals surface area contributed by atoms with Crippen LogP contribution in [-0.4, -0.2) is 30.8 Å². The summed E-state index contributed by atoms with van der Waals surface area (Å²) in [6, 6.07) is 16.6. The van der Waals surface area contributed by atoms with Crippen molar-refractivity contribution in [2.45, 2.75) is 19.8 Å². The first-order valence-corrected chi connectivity index (χ1v) is 8.75. The van der Waals surface area contributed by atoms with Crippen molar-refractivity contribution in [2.75, 3.05) is 18.5 Å². The zero-order chi connectivity index (χ0) is 19.5. The van der Waals surface area contributed by atoms with Gasteiger partial charge >= 0.3 is 0 Å². The second-order valence-electron chi connectivity index (χ2n) is 5.83. The molecule has 27 heavy (non-hydrogen) atoms. The molecule has 0 aliphatic carbocycles. The van der Waals surface area contributed by atoms with Gasteiger partial charge in [0, 0.05) is 24.2 Å². The summed E-state index contributed by atoms with van der Waals surface area (Å²) in [5.74, 6) is -0.256. The molecule has 0 bridgehead atoms. The van der Waals surface area contributed by atoms with E-state index in [1.807, 2.05) is 37.3 Å². The predicted molar refractivity (Wildman–Crippen MR) is 105 cm³/mol. The summed E-state index contributed by atoms with van der Waals surface area (Å²) in [4.78, 5) is 28.8. The largest absolute Gasteiger partial charge is 0.384 e. The second-order valence-corrected chi connectivity index (χ2v) is 5.83. The molecule has 0 unspecified atom stereocenters. The highest BCUT2D eigenvalue weighted by atomic mass is 16.6. The van der Waals surface area contributed by atoms with Gasteiger partial charge in [0.05, 0.1) is 0 Å². The SMILES string of the molecule is CCNC(=O)c1cccc(NC(=O)CO/N=C(\N)CCc2ccccc2)c1. The Kier molecular flexibility index (Phi) is 7.84. The minimum Gasteiger partial charge on any atom is -0.384 e. The first-order valence-electron chi connectivity index (χ1n) is 8.75. The van der Waals surface area contributed by atoms with Gasteiger partial charge in [0.1, 0.15) is 5.84 Å². The highest BCUT2D eigenvalue weighted by molar-refractivity contribution is 5.97. The average Bonchev–Trinajstić information content (AvgIpc) is 2.67. The maximum Gasteiger partial charge on any atom is 0.265 e. The van der Waals surface area contributed by atoms with E-state index in [4.69, 9.17) is 10.6 Å². The first kappa shape index (κ1) is 20.0. The molecular weight excluding hydrogens is 344 g/mol. The van der Waals surface area contributed by atoms with E-state index in [-0.39, 0.29) is 18.4 Å². The summed E-state index contributed by atoms with van der Waals surface area (Å²) in [5.41, 5.74) is 7.92. The lowest BCUT2D eigenvalue weighted by Crippen LogP contribution is -2.23. The molecule has 0 heterocycles. The van der Waals surface area contributed by atoms with Crippen LogP contribution in [-0.2, 0) is 16.1 Å². The standard InChI is InChI=1S/C20H24N4O3/c1-2-22-20(26)16-9-6-10-17(13-16)23-19(25)14-27-24-18(21)12-11-15-7-4-3-5-8-15/h3-10,13H,2,11-12,14H2,1H3,(H2,21,24)(H,22,26)(H,23,25). The van der Waals surface area contributed by atoms with Crippen molar-refractivity contribution >= 4 is 23.3 Å². The lowest BCUT2D eigenvalue weighted by Gasteiger charge is -2.07. The molecule has 0 saturated heterocycles. The van der Waals surface area contributed by atoms with Gasteiger partial charge in [-0.25, -0.2) is 0 Å². The molecule has 7 nitrogen and oxygen atoms in total. The number of rotatable bonds is 9. The Morgan fingerprint density at radius 2 is 1.89 bits per heavy atom. The molecule has 0 aliphatic heterocycles. The van der Waals surface area contributed by atoms with Crippen LogP contribution in [0.4, 0.5) is 5.69 Å². The van der Waals surface area contributed by atoms with Crippen LogP contribution in [0.25, 0.3) is 0 Å². The van der Waals surface area contributed by atoms with Crippen LogP contribution in [0.3, 0.4) is 0 Å². The molecule has 0 spiro atoms. The summed E-state index contributed by atoms with van der Waals surface area (Å²) in [5, 5.41) is 9.12. The summed E-state index contributed by atoms with van der Waals surface area (Å²) < 4.78 is 0. The van der Waals surface area contributed by atoms with Crippen molar-refractivity contribution in [1.82, 2.24) is 5.32 Å². The number of aryl methyl sites for hydroxylation is 1. The Bertz CT molecular complexity index is 791. The normalized spacial score (nSPS) is 10.9. The Balaban J connectivity index is 1.77. The lowest BCUT2D eigenvalue weighted by molar-refractivity contribution is -0.120. The highest BCUT2D eigenvalue weighted by Gasteiger charge is 2.07. The fraction of sp³-hybridized carbons (Fsp3) is 0.250. The molecule has 0 saturated carbocycles. The molecule has 142 valence electrons. The Labute approximate surface area is 158 Å². The van der Waals surface area contributed by atoms with E-state index in [9.17, 15) is 9.59 Å². The Morgan fingerprint density at radius 1 is 1.11 bits per heavy atom. The lowest BCUT2D eigenvalue weighted by atomic mass is 10.1. The van der Waals surface area contributed by atoms with Crippen molar-refractivity contribution in [1.29, 1.82) is 0 Å². The molecule has 2 aromatic rings. The monoisotopic (exact) mass is 368 g/mol. The highest BCUT2D eigenvalue weighted by Crippen LogP contribution is 2.10. The number of nitrogens with two attached hydrogens (primary N) is 1. The number of nitrogens with one attached hydrogen (secondary N) is 2. The molecule has 0 fully saturated rings. The van der Waals surface area contributed by atoms with E-state index in [2.05, 4.69) is 15.8 Å². The van der Waals surface area contributed by atoms with Crippen LogP contribution in [0.1, 0.15) is 29.3 Å². The van der Waals surface area contributed by atoms with Crippen LogP contribution < -0.4 is 16.4 Å². The number of hydrogen-bond donors (Lipinski definition) is 3. The van der Waals surface area contributed by atoms with E-state index >= 15 is 0 Å². The van der Waals surface area contributed by atoms with Gasteiger partial charge in [0.25, 0.3) is 11.8 Å². The predicted octanol–water partition coefficient (Wildman–Crippen LogP) is 2.30. The second kappa shape index (κ2) is 10.6. The van der Waals surface area contributed by atoms with Gasteiger partial charge in [-0.05, 0) is 37.1 Å². The minimum atomic E-state index is -0.386. The molecule has 2 rings (SSSR count). The van der Waals surface area contributed by atoms with Crippen molar-refractivity contribution in [3.05, 3.63) is 65.7 Å². The van der Waals surface area contributed by atoms with Crippen LogP contribution in [0.2, 0.25) is 0 Å². The smallest absolute Gasteiger partial charge is 0.265 e. The van der Waals surface area contributed by atoms with Crippen LogP contribution >= 0.6 is 0 Å². The topological polar surface area (TPSA) is 106 Å². The van der Waals surface area contributed by atoms with E-state index in [0.717, 1.165) is 12.0 Å². The number of nitrogens with zero attached hydrogens (tertiary/aromatic N) is 1. The minimum absolute atomic E-state index is 0.194. The van der Waals surface area contributed by atoms with Crippen LogP contribution in [0, 0.1) is 0 Å². The maximum atomic E-state index is 11.9. The molecule has 7 heteroatoms. The molecule has 2 amide bonds. The van der Waals surface area contributed by atoms with Crippen LogP contribution in [0.15, 0.2) is 59.8 Å². The van der Waals surface area contributed by atoms with E-state index in [0.29, 0.717) is 30.1 Å². The third-order valence-corrected chi connectivity index (χ3v) is 3.64. The fourth-order valence-electron chi connectivity index (χ4n) is 2.33. The number of anilines is 1. The third-order valence-electron chi connectivity index (χ3n) is 3.64. The molecule has 2 aromatic carbocycles. The van der Waals surface area contributed by atoms with Gasteiger partial charge in [-0.2, -0.15) is 0 Å². The first-order chi connectivity index (χ1) is 13.1. The molecular formula is C20H24N4O3. The quantitative estimate of drug-likeness (QED) is 0.359.